The van der Waals surface area contributed by atoms with Crippen LogP contribution in [0.2, 0.25) is 5.02 Å². The minimum absolute atomic E-state index is 0.0945. The number of hydrogen-bond acceptors (Lipinski definition) is 4. The van der Waals surface area contributed by atoms with Gasteiger partial charge in [0.15, 0.2) is 0 Å². The van der Waals surface area contributed by atoms with E-state index in [0.29, 0.717) is 22.8 Å². The summed E-state index contributed by atoms with van der Waals surface area (Å²) in [5, 5.41) is 3.29. The maximum absolute atomic E-state index is 5.96. The second kappa shape index (κ2) is 5.89. The molecule has 1 aromatic rings. The molecule has 5 heteroatoms. The Morgan fingerprint density at radius 1 is 1.44 bits per heavy atom. The largest absolute Gasteiger partial charge is 0.473 e. The second-order valence-electron chi connectivity index (χ2n) is 4.15. The highest BCUT2D eigenvalue weighted by Crippen LogP contribution is 2.24. The quantitative estimate of drug-likeness (QED) is 0.864. The maximum Gasteiger partial charge on any atom is 0.237 e. The number of nitrogens with zero attached hydrogens (tertiary/aromatic N) is 2. The van der Waals surface area contributed by atoms with E-state index < -0.39 is 0 Å². The molecule has 1 heterocycles. The number of halogens is 1. The molecule has 1 unspecified atom stereocenters. The molecule has 0 saturated carbocycles. The number of ether oxygens (including phenoxy) is 1. The third kappa shape index (κ3) is 3.85. The van der Waals surface area contributed by atoms with Gasteiger partial charge in [0.1, 0.15) is 5.02 Å². The Kier molecular flexibility index (Phi) is 4.80. The van der Waals surface area contributed by atoms with Crippen molar-refractivity contribution in [3.63, 3.8) is 0 Å². The lowest BCUT2D eigenvalue weighted by Crippen LogP contribution is -2.16. The van der Waals surface area contributed by atoms with Gasteiger partial charge in [-0.3, -0.25) is 0 Å². The molecule has 0 fully saturated rings. The third-order valence-corrected chi connectivity index (χ3v) is 2.31. The molecule has 4 nitrogen and oxygen atoms in total. The van der Waals surface area contributed by atoms with Gasteiger partial charge in [-0.25, -0.2) is 4.98 Å². The Morgan fingerprint density at radius 2 is 2.12 bits per heavy atom. The fourth-order valence-corrected chi connectivity index (χ4v) is 1.59. The average molecular weight is 244 g/mol. The molecule has 0 bridgehead atoms. The van der Waals surface area contributed by atoms with Gasteiger partial charge >= 0.3 is 0 Å². The van der Waals surface area contributed by atoms with Crippen molar-refractivity contribution in [3.8, 4) is 5.88 Å². The van der Waals surface area contributed by atoms with Crippen molar-refractivity contribution in [3.05, 3.63) is 11.2 Å². The van der Waals surface area contributed by atoms with Crippen molar-refractivity contribution in [2.75, 3.05) is 12.4 Å². The first-order valence-corrected chi connectivity index (χ1v) is 5.77. The molecule has 1 aromatic heterocycles. The monoisotopic (exact) mass is 243 g/mol. The van der Waals surface area contributed by atoms with E-state index in [1.165, 1.54) is 6.20 Å². The zero-order chi connectivity index (χ0) is 12.1. The summed E-state index contributed by atoms with van der Waals surface area (Å²) in [5.74, 6) is 1.53. The molecule has 90 valence electrons. The Bertz CT molecular complexity index is 344. The van der Waals surface area contributed by atoms with Crippen LogP contribution in [-0.2, 0) is 0 Å². The van der Waals surface area contributed by atoms with Gasteiger partial charge in [-0.05, 0) is 19.3 Å². The molecule has 1 rings (SSSR count). The van der Waals surface area contributed by atoms with Gasteiger partial charge in [0, 0.05) is 7.05 Å². The minimum Gasteiger partial charge on any atom is -0.473 e. The molecule has 0 aliphatic rings. The predicted molar refractivity (Wildman–Crippen MR) is 66.1 cm³/mol. The van der Waals surface area contributed by atoms with Crippen LogP contribution in [0.3, 0.4) is 0 Å². The summed E-state index contributed by atoms with van der Waals surface area (Å²) >= 11 is 5.96. The molecule has 0 amide bonds. The van der Waals surface area contributed by atoms with Gasteiger partial charge in [0.05, 0.1) is 12.3 Å². The first kappa shape index (κ1) is 13.0. The predicted octanol–water partition coefficient (Wildman–Crippen LogP) is 2.99. The van der Waals surface area contributed by atoms with E-state index in [1.54, 1.807) is 7.05 Å². The lowest BCUT2D eigenvalue weighted by molar-refractivity contribution is 0.186. The fourth-order valence-electron chi connectivity index (χ4n) is 1.46. The van der Waals surface area contributed by atoms with Crippen LogP contribution in [-0.4, -0.2) is 23.1 Å². The van der Waals surface area contributed by atoms with Crippen molar-refractivity contribution in [1.29, 1.82) is 0 Å². The van der Waals surface area contributed by atoms with Crippen LogP contribution in [0, 0.1) is 5.92 Å². The Labute approximate surface area is 101 Å². The minimum atomic E-state index is 0.0945. The van der Waals surface area contributed by atoms with E-state index >= 15 is 0 Å². The first-order valence-electron chi connectivity index (χ1n) is 5.40. The molecule has 1 N–H and O–H groups in total. The molecule has 0 radical (unpaired) electrons. The van der Waals surface area contributed by atoms with E-state index in [4.69, 9.17) is 16.3 Å². The molecule has 0 saturated heterocycles. The van der Waals surface area contributed by atoms with E-state index in [9.17, 15) is 0 Å². The SMILES string of the molecule is CNc1ncc(Cl)c(OC(C)CC(C)C)n1. The molecule has 0 spiro atoms. The Hall–Kier alpha value is -1.03. The van der Waals surface area contributed by atoms with Crippen LogP contribution in [0.5, 0.6) is 5.88 Å². The summed E-state index contributed by atoms with van der Waals surface area (Å²) in [6.45, 7) is 6.32. The number of hydrogen-bond donors (Lipinski definition) is 1. The van der Waals surface area contributed by atoms with E-state index in [1.807, 2.05) is 6.92 Å². The van der Waals surface area contributed by atoms with Crippen LogP contribution >= 0.6 is 11.6 Å². The van der Waals surface area contributed by atoms with E-state index in [2.05, 4.69) is 29.1 Å². The van der Waals surface area contributed by atoms with Crippen molar-refractivity contribution < 1.29 is 4.74 Å². The second-order valence-corrected chi connectivity index (χ2v) is 4.56. The molecule has 0 aliphatic heterocycles. The normalized spacial score (nSPS) is 12.6. The number of rotatable bonds is 5. The van der Waals surface area contributed by atoms with Gasteiger partial charge < -0.3 is 10.1 Å². The molecule has 0 aliphatic carbocycles. The molecule has 16 heavy (non-hydrogen) atoms. The average Bonchev–Trinajstić information content (AvgIpc) is 2.20. The topological polar surface area (TPSA) is 47.0 Å². The van der Waals surface area contributed by atoms with Crippen LogP contribution in [0.15, 0.2) is 6.20 Å². The van der Waals surface area contributed by atoms with E-state index in [-0.39, 0.29) is 6.10 Å². The number of nitrogens with one attached hydrogen (secondary N) is 1. The van der Waals surface area contributed by atoms with Gasteiger partial charge in [0.25, 0.3) is 0 Å². The Morgan fingerprint density at radius 3 is 2.69 bits per heavy atom. The summed E-state index contributed by atoms with van der Waals surface area (Å²) < 4.78 is 5.68. The fraction of sp³-hybridized carbons (Fsp3) is 0.636. The molecule has 0 aromatic carbocycles. The first-order chi connectivity index (χ1) is 7.52. The Balaban J connectivity index is 2.71. The highest BCUT2D eigenvalue weighted by atomic mass is 35.5. The summed E-state index contributed by atoms with van der Waals surface area (Å²) in [6.07, 6.45) is 2.60. The van der Waals surface area contributed by atoms with E-state index in [0.717, 1.165) is 6.42 Å². The van der Waals surface area contributed by atoms with Crippen LogP contribution < -0.4 is 10.1 Å². The standard InChI is InChI=1S/C11H18ClN3O/c1-7(2)5-8(3)16-10-9(12)6-14-11(13-4)15-10/h6-8H,5H2,1-4H3,(H,13,14,15). The number of anilines is 1. The third-order valence-electron chi connectivity index (χ3n) is 2.05. The van der Waals surface area contributed by atoms with Crippen LogP contribution in [0.1, 0.15) is 27.2 Å². The maximum atomic E-state index is 5.96. The highest BCUT2D eigenvalue weighted by molar-refractivity contribution is 6.31. The highest BCUT2D eigenvalue weighted by Gasteiger charge is 2.11. The zero-order valence-corrected chi connectivity index (χ0v) is 10.9. The molecule has 1 atom stereocenters. The molecular weight excluding hydrogens is 226 g/mol. The van der Waals surface area contributed by atoms with Crippen molar-refractivity contribution in [2.45, 2.75) is 33.3 Å². The van der Waals surface area contributed by atoms with Crippen molar-refractivity contribution in [2.24, 2.45) is 5.92 Å². The van der Waals surface area contributed by atoms with Gasteiger partial charge in [-0.15, -0.1) is 0 Å². The van der Waals surface area contributed by atoms with Crippen LogP contribution in [0.25, 0.3) is 0 Å². The van der Waals surface area contributed by atoms with Gasteiger partial charge in [-0.2, -0.15) is 4.98 Å². The van der Waals surface area contributed by atoms with Gasteiger partial charge in [-0.1, -0.05) is 25.4 Å². The summed E-state index contributed by atoms with van der Waals surface area (Å²) in [5.41, 5.74) is 0. The summed E-state index contributed by atoms with van der Waals surface area (Å²) in [4.78, 5) is 8.15. The lowest BCUT2D eigenvalue weighted by Gasteiger charge is -2.16. The van der Waals surface area contributed by atoms with Crippen molar-refractivity contribution >= 4 is 17.5 Å². The van der Waals surface area contributed by atoms with Gasteiger partial charge in [0.2, 0.25) is 11.8 Å². The summed E-state index contributed by atoms with van der Waals surface area (Å²) in [7, 11) is 1.75. The zero-order valence-electron chi connectivity index (χ0n) is 10.1. The molecular formula is C11H18ClN3O. The van der Waals surface area contributed by atoms with Crippen molar-refractivity contribution in [1.82, 2.24) is 9.97 Å². The summed E-state index contributed by atoms with van der Waals surface area (Å²) in [6, 6.07) is 0. The van der Waals surface area contributed by atoms with Crippen LogP contribution in [0.4, 0.5) is 5.95 Å². The number of aromatic nitrogens is 2. The smallest absolute Gasteiger partial charge is 0.237 e. The lowest BCUT2D eigenvalue weighted by atomic mass is 10.1.